The Labute approximate surface area is 118 Å². The molecule has 102 valence electrons. The first-order chi connectivity index (χ1) is 8.69. The third-order valence-corrected chi connectivity index (χ3v) is 3.37. The van der Waals surface area contributed by atoms with Gasteiger partial charge in [0.25, 0.3) is 0 Å². The fraction of sp³-hybridized carbons (Fsp3) is 0.538. The van der Waals surface area contributed by atoms with Crippen molar-refractivity contribution in [1.82, 2.24) is 5.32 Å². The number of hydrogen-bond donors (Lipinski definition) is 3. The lowest BCUT2D eigenvalue weighted by Crippen LogP contribution is -2.29. The summed E-state index contributed by atoms with van der Waals surface area (Å²) in [5.41, 5.74) is 6.70. The van der Waals surface area contributed by atoms with Gasteiger partial charge in [0.2, 0.25) is 0 Å². The molecule has 0 saturated heterocycles. The second-order valence-corrected chi connectivity index (χ2v) is 5.04. The molecule has 1 aromatic rings. The minimum atomic E-state index is 0.0188. The molecule has 0 bridgehead atoms. The van der Waals surface area contributed by atoms with E-state index in [1.165, 1.54) is 0 Å². The average Bonchev–Trinajstić information content (AvgIpc) is 2.37. The molecule has 1 rings (SSSR count). The van der Waals surface area contributed by atoms with Gasteiger partial charge < -0.3 is 16.2 Å². The molecule has 3 nitrogen and oxygen atoms in total. The summed E-state index contributed by atoms with van der Waals surface area (Å²) in [5, 5.41) is 13.4. The van der Waals surface area contributed by atoms with E-state index in [0.29, 0.717) is 16.6 Å². The molecular formula is C13H20Cl2N2O. The average molecular weight is 291 g/mol. The SMILES string of the molecule is NCC(NCCCCCO)c1cc(Cl)ccc1Cl. The van der Waals surface area contributed by atoms with E-state index in [0.717, 1.165) is 31.4 Å². The summed E-state index contributed by atoms with van der Waals surface area (Å²) in [5.74, 6) is 0. The maximum atomic E-state index is 8.69. The first-order valence-electron chi connectivity index (χ1n) is 6.18. The molecule has 18 heavy (non-hydrogen) atoms. The maximum absolute atomic E-state index is 8.69. The number of benzene rings is 1. The minimum Gasteiger partial charge on any atom is -0.396 e. The minimum absolute atomic E-state index is 0.0188. The number of halogens is 2. The number of nitrogens with two attached hydrogens (primary N) is 1. The van der Waals surface area contributed by atoms with Gasteiger partial charge in [0.1, 0.15) is 0 Å². The quantitative estimate of drug-likeness (QED) is 0.645. The van der Waals surface area contributed by atoms with Crippen LogP contribution in [-0.4, -0.2) is 24.8 Å². The van der Waals surface area contributed by atoms with Crippen LogP contribution in [0.1, 0.15) is 30.9 Å². The number of aliphatic hydroxyl groups is 1. The van der Waals surface area contributed by atoms with E-state index >= 15 is 0 Å². The van der Waals surface area contributed by atoms with Gasteiger partial charge in [0.15, 0.2) is 0 Å². The lowest BCUT2D eigenvalue weighted by Gasteiger charge is -2.18. The van der Waals surface area contributed by atoms with Crippen LogP contribution in [0.4, 0.5) is 0 Å². The molecule has 0 aliphatic heterocycles. The van der Waals surface area contributed by atoms with E-state index in [-0.39, 0.29) is 12.6 Å². The first-order valence-corrected chi connectivity index (χ1v) is 6.94. The van der Waals surface area contributed by atoms with Gasteiger partial charge in [-0.25, -0.2) is 0 Å². The molecule has 0 aliphatic rings. The largest absolute Gasteiger partial charge is 0.396 e. The highest BCUT2D eigenvalue weighted by Gasteiger charge is 2.12. The van der Waals surface area contributed by atoms with Crippen LogP contribution in [0, 0.1) is 0 Å². The topological polar surface area (TPSA) is 58.3 Å². The van der Waals surface area contributed by atoms with Gasteiger partial charge in [-0.2, -0.15) is 0 Å². The Morgan fingerprint density at radius 2 is 2.00 bits per heavy atom. The van der Waals surface area contributed by atoms with Crippen LogP contribution in [-0.2, 0) is 0 Å². The molecule has 0 amide bonds. The Bertz CT molecular complexity index is 361. The summed E-state index contributed by atoms with van der Waals surface area (Å²) in [6.45, 7) is 1.57. The van der Waals surface area contributed by atoms with Gasteiger partial charge >= 0.3 is 0 Å². The summed E-state index contributed by atoms with van der Waals surface area (Å²) in [7, 11) is 0. The van der Waals surface area contributed by atoms with Crippen LogP contribution >= 0.6 is 23.2 Å². The van der Waals surface area contributed by atoms with Gasteiger partial charge in [-0.15, -0.1) is 0 Å². The van der Waals surface area contributed by atoms with Crippen molar-refractivity contribution in [3.05, 3.63) is 33.8 Å². The summed E-state index contributed by atoms with van der Waals surface area (Å²) < 4.78 is 0. The Kier molecular flexibility index (Phi) is 7.63. The van der Waals surface area contributed by atoms with Crippen LogP contribution in [0.2, 0.25) is 10.0 Å². The third kappa shape index (κ3) is 5.12. The van der Waals surface area contributed by atoms with E-state index in [2.05, 4.69) is 5.32 Å². The second kappa shape index (κ2) is 8.73. The summed E-state index contributed by atoms with van der Waals surface area (Å²) in [4.78, 5) is 0. The van der Waals surface area contributed by atoms with Crippen molar-refractivity contribution in [1.29, 1.82) is 0 Å². The van der Waals surface area contributed by atoms with E-state index in [1.807, 2.05) is 6.07 Å². The second-order valence-electron chi connectivity index (χ2n) is 4.19. The number of nitrogens with one attached hydrogen (secondary N) is 1. The summed E-state index contributed by atoms with van der Waals surface area (Å²) in [6.07, 6.45) is 2.85. The highest BCUT2D eigenvalue weighted by molar-refractivity contribution is 6.33. The zero-order chi connectivity index (χ0) is 13.4. The Morgan fingerprint density at radius 3 is 2.67 bits per heavy atom. The van der Waals surface area contributed by atoms with Crippen molar-refractivity contribution < 1.29 is 5.11 Å². The number of hydrogen-bond acceptors (Lipinski definition) is 3. The molecule has 0 fully saturated rings. The fourth-order valence-corrected chi connectivity index (χ4v) is 2.22. The molecule has 1 atom stereocenters. The third-order valence-electron chi connectivity index (χ3n) is 2.79. The molecule has 0 spiro atoms. The zero-order valence-corrected chi connectivity index (χ0v) is 11.8. The van der Waals surface area contributed by atoms with Gasteiger partial charge in [0, 0.05) is 29.2 Å². The standard InChI is InChI=1S/C13H20Cl2N2O/c14-10-4-5-12(15)11(8-10)13(9-16)17-6-2-1-3-7-18/h4-5,8,13,17-18H,1-3,6-7,9,16H2. The van der Waals surface area contributed by atoms with Crippen molar-refractivity contribution in [2.45, 2.75) is 25.3 Å². The van der Waals surface area contributed by atoms with Crippen molar-refractivity contribution in [2.24, 2.45) is 5.73 Å². The summed E-state index contributed by atoms with van der Waals surface area (Å²) >= 11 is 12.1. The molecule has 4 N–H and O–H groups in total. The lowest BCUT2D eigenvalue weighted by molar-refractivity contribution is 0.282. The monoisotopic (exact) mass is 290 g/mol. The van der Waals surface area contributed by atoms with Gasteiger partial charge in [-0.05, 0) is 49.6 Å². The first kappa shape index (κ1) is 15.7. The van der Waals surface area contributed by atoms with Crippen molar-refractivity contribution >= 4 is 23.2 Å². The molecule has 1 aromatic carbocycles. The van der Waals surface area contributed by atoms with Crippen molar-refractivity contribution in [3.8, 4) is 0 Å². The molecule has 5 heteroatoms. The van der Waals surface area contributed by atoms with Gasteiger partial charge in [-0.3, -0.25) is 0 Å². The van der Waals surface area contributed by atoms with Crippen molar-refractivity contribution in [3.63, 3.8) is 0 Å². The summed E-state index contributed by atoms with van der Waals surface area (Å²) in [6, 6.07) is 5.42. The predicted octanol–water partition coefficient (Wildman–Crippen LogP) is 2.75. The molecule has 0 heterocycles. The highest BCUT2D eigenvalue weighted by Crippen LogP contribution is 2.25. The van der Waals surface area contributed by atoms with Crippen LogP contribution in [0.3, 0.4) is 0 Å². The van der Waals surface area contributed by atoms with E-state index in [9.17, 15) is 0 Å². The number of rotatable bonds is 8. The smallest absolute Gasteiger partial charge is 0.0459 e. The lowest BCUT2D eigenvalue weighted by atomic mass is 10.1. The molecule has 0 aliphatic carbocycles. The molecule has 0 aromatic heterocycles. The van der Waals surface area contributed by atoms with Crippen LogP contribution in [0.5, 0.6) is 0 Å². The van der Waals surface area contributed by atoms with Crippen LogP contribution in [0.25, 0.3) is 0 Å². The maximum Gasteiger partial charge on any atom is 0.0459 e. The zero-order valence-electron chi connectivity index (χ0n) is 10.3. The van der Waals surface area contributed by atoms with E-state index in [1.54, 1.807) is 12.1 Å². The van der Waals surface area contributed by atoms with Crippen molar-refractivity contribution in [2.75, 3.05) is 19.7 Å². The van der Waals surface area contributed by atoms with Gasteiger partial charge in [0.05, 0.1) is 0 Å². The van der Waals surface area contributed by atoms with Crippen LogP contribution < -0.4 is 11.1 Å². The van der Waals surface area contributed by atoms with Gasteiger partial charge in [-0.1, -0.05) is 23.2 Å². The normalized spacial score (nSPS) is 12.7. The van der Waals surface area contributed by atoms with E-state index in [4.69, 9.17) is 34.0 Å². The molecule has 0 radical (unpaired) electrons. The fourth-order valence-electron chi connectivity index (χ4n) is 1.79. The Balaban J connectivity index is 2.52. The number of unbranched alkanes of at least 4 members (excludes halogenated alkanes) is 2. The Hall–Kier alpha value is -0.320. The highest BCUT2D eigenvalue weighted by atomic mass is 35.5. The molecule has 1 unspecified atom stereocenters. The molecular weight excluding hydrogens is 271 g/mol. The molecule has 0 saturated carbocycles. The Morgan fingerprint density at radius 1 is 1.22 bits per heavy atom. The predicted molar refractivity (Wildman–Crippen MR) is 77.2 cm³/mol. The van der Waals surface area contributed by atoms with Crippen LogP contribution in [0.15, 0.2) is 18.2 Å². The number of aliphatic hydroxyl groups excluding tert-OH is 1. The van der Waals surface area contributed by atoms with E-state index < -0.39 is 0 Å².